The van der Waals surface area contributed by atoms with Gasteiger partial charge in [0.2, 0.25) is 0 Å². The number of carboxylic acid groups (broad SMARTS) is 2. The van der Waals surface area contributed by atoms with Crippen LogP contribution in [0.15, 0.2) is 20.8 Å². The first-order valence-electron chi connectivity index (χ1n) is 3.90. The summed E-state index contributed by atoms with van der Waals surface area (Å²) >= 11 is 0. The average molecular weight is 230 g/mol. The van der Waals surface area contributed by atoms with Crippen molar-refractivity contribution in [3.63, 3.8) is 0 Å². The third kappa shape index (κ3) is 3.18. The first-order valence-corrected chi connectivity index (χ1v) is 4.93. The summed E-state index contributed by atoms with van der Waals surface area (Å²) in [4.78, 5) is 31.9. The molecule has 0 aliphatic heterocycles. The molecular weight excluding hydrogens is 223 g/mol. The highest BCUT2D eigenvalue weighted by Gasteiger charge is 2.25. The van der Waals surface area contributed by atoms with Crippen LogP contribution in [0, 0.1) is 0 Å². The van der Waals surface area contributed by atoms with Crippen molar-refractivity contribution in [1.82, 2.24) is 0 Å². The molecule has 0 aromatic carbocycles. The fraction of sp³-hybridized carbons (Fsp3) is 0.250. The zero-order valence-corrected chi connectivity index (χ0v) is 8.31. The zero-order chi connectivity index (χ0) is 11.4. The Balaban J connectivity index is 3.04. The molecule has 0 radical (unpaired) electrons. The molecule has 0 aliphatic rings. The molecule has 6 nitrogen and oxygen atoms in total. The van der Waals surface area contributed by atoms with E-state index in [1.165, 1.54) is 11.6 Å². The molecule has 7 heteroatoms. The summed E-state index contributed by atoms with van der Waals surface area (Å²) in [5.41, 5.74) is -0.661. The number of carboxylic acids is 2. The van der Waals surface area contributed by atoms with Crippen molar-refractivity contribution in [1.29, 1.82) is 0 Å². The highest BCUT2D eigenvalue weighted by molar-refractivity contribution is 7.28. The van der Waals surface area contributed by atoms with E-state index >= 15 is 0 Å². The topological polar surface area (TPSA) is 105 Å². The van der Waals surface area contributed by atoms with Gasteiger partial charge in [0, 0.05) is 5.80 Å². The van der Waals surface area contributed by atoms with Gasteiger partial charge in [0.25, 0.3) is 0 Å². The molecule has 0 saturated carbocycles. The van der Waals surface area contributed by atoms with Crippen molar-refractivity contribution in [2.75, 3.05) is 0 Å². The molecule has 0 bridgehead atoms. The summed E-state index contributed by atoms with van der Waals surface area (Å²) in [6, 6.07) is 0. The van der Waals surface area contributed by atoms with Crippen LogP contribution in [0.4, 0.5) is 0 Å². The lowest BCUT2D eigenvalue weighted by atomic mass is 10.0. The monoisotopic (exact) mass is 230 g/mol. The van der Waals surface area contributed by atoms with Gasteiger partial charge >= 0.3 is 17.6 Å². The van der Waals surface area contributed by atoms with Gasteiger partial charge in [-0.2, -0.15) is 0 Å². The van der Waals surface area contributed by atoms with E-state index in [9.17, 15) is 14.4 Å². The second-order valence-corrected chi connectivity index (χ2v) is 3.53. The summed E-state index contributed by atoms with van der Waals surface area (Å²) < 4.78 is 4.63. The minimum atomic E-state index is -1.33. The van der Waals surface area contributed by atoms with E-state index < -0.39 is 29.9 Å². The van der Waals surface area contributed by atoms with Gasteiger partial charge in [-0.15, -0.1) is 0 Å². The first-order chi connectivity index (χ1) is 7.00. The molecule has 2 N–H and O–H groups in total. The van der Waals surface area contributed by atoms with Crippen molar-refractivity contribution in [3.05, 3.63) is 27.8 Å². The summed E-state index contributed by atoms with van der Waals surface area (Å²) in [5.74, 6) is -1.43. The van der Waals surface area contributed by atoms with Crippen LogP contribution in [-0.4, -0.2) is 22.2 Å². The summed E-state index contributed by atoms with van der Waals surface area (Å²) in [6.07, 6.45) is -0.607. The predicted octanol–water partition coefficient (Wildman–Crippen LogP) is 0.863. The molecule has 1 rings (SSSR count). The zero-order valence-electron chi connectivity index (χ0n) is 7.41. The maximum Gasteiger partial charge on any atom is 0.340 e. The highest BCUT2D eigenvalue weighted by atomic mass is 31.0. The minimum Gasteiger partial charge on any atom is -0.481 e. The molecule has 0 spiro atoms. The molecule has 1 aromatic heterocycles. The van der Waals surface area contributed by atoms with Gasteiger partial charge in [-0.1, -0.05) is 8.19 Å². The van der Waals surface area contributed by atoms with Crippen LogP contribution in [0.2, 0.25) is 0 Å². The van der Waals surface area contributed by atoms with Gasteiger partial charge in [0.1, 0.15) is 11.7 Å². The summed E-state index contributed by atoms with van der Waals surface area (Å²) in [5, 5.41) is 17.2. The predicted molar refractivity (Wildman–Crippen MR) is 50.1 cm³/mol. The van der Waals surface area contributed by atoms with Crippen LogP contribution in [0.1, 0.15) is 18.1 Å². The largest absolute Gasteiger partial charge is 0.481 e. The quantitative estimate of drug-likeness (QED) is 0.794. The average Bonchev–Trinajstić information content (AvgIpc) is 2.13. The van der Waals surface area contributed by atoms with Crippen LogP contribution in [0.3, 0.4) is 0 Å². The fourth-order valence-corrected chi connectivity index (χ4v) is 1.61. The number of carbonyl (C=O) groups is 2. The second-order valence-electron chi connectivity index (χ2n) is 2.72. The van der Waals surface area contributed by atoms with Gasteiger partial charge in [-0.05, 0) is 0 Å². The van der Waals surface area contributed by atoms with Crippen LogP contribution >= 0.6 is 8.19 Å². The van der Waals surface area contributed by atoms with Crippen molar-refractivity contribution >= 4 is 20.1 Å². The van der Waals surface area contributed by atoms with E-state index in [1.807, 2.05) is 0 Å². The molecule has 15 heavy (non-hydrogen) atoms. The minimum absolute atomic E-state index is 0.112. The lowest BCUT2D eigenvalue weighted by Crippen LogP contribution is -2.16. The third-order valence-corrected chi connectivity index (χ3v) is 2.38. The van der Waals surface area contributed by atoms with Crippen LogP contribution in [-0.2, 0) is 9.59 Å². The van der Waals surface area contributed by atoms with E-state index in [1.54, 1.807) is 0 Å². The molecule has 1 heterocycles. The van der Waals surface area contributed by atoms with E-state index in [0.29, 0.717) is 8.19 Å². The van der Waals surface area contributed by atoms with E-state index in [0.717, 1.165) is 0 Å². The van der Waals surface area contributed by atoms with Gasteiger partial charge in [0.15, 0.2) is 0 Å². The Bertz CT molecular complexity index is 437. The van der Waals surface area contributed by atoms with Crippen molar-refractivity contribution < 1.29 is 24.2 Å². The molecular formula is C8H7O6P. The second kappa shape index (κ2) is 4.70. The molecule has 0 aliphatic carbocycles. The van der Waals surface area contributed by atoms with E-state index in [2.05, 4.69) is 4.42 Å². The van der Waals surface area contributed by atoms with Gasteiger partial charge < -0.3 is 14.6 Å². The Kier molecular flexibility index (Phi) is 3.57. The molecule has 0 saturated heterocycles. The molecule has 1 atom stereocenters. The number of rotatable bonds is 4. The lowest BCUT2D eigenvalue weighted by Gasteiger charge is -2.06. The lowest BCUT2D eigenvalue weighted by molar-refractivity contribution is -0.145. The van der Waals surface area contributed by atoms with Crippen LogP contribution < -0.4 is 5.63 Å². The fourth-order valence-electron chi connectivity index (χ4n) is 0.986. The van der Waals surface area contributed by atoms with Gasteiger partial charge in [0.05, 0.1) is 12.2 Å². The standard InChI is InChI=1S/C8H7O6P/c9-6(10)1-4(8(12)13)5-2-15-3-7(11)14-5/h2-4H,1H2,(H,9,10)(H,12,13). The van der Waals surface area contributed by atoms with E-state index in [-0.39, 0.29) is 5.76 Å². The maximum absolute atomic E-state index is 10.8. The smallest absolute Gasteiger partial charge is 0.340 e. The first kappa shape index (κ1) is 11.4. The Hall–Kier alpha value is -1.68. The van der Waals surface area contributed by atoms with Gasteiger partial charge in [-0.25, -0.2) is 4.79 Å². The van der Waals surface area contributed by atoms with E-state index in [4.69, 9.17) is 10.2 Å². The number of hydrogen-bond acceptors (Lipinski definition) is 4. The third-order valence-electron chi connectivity index (χ3n) is 1.62. The molecule has 0 amide bonds. The Morgan fingerprint density at radius 2 is 2.07 bits per heavy atom. The molecule has 1 aromatic rings. The van der Waals surface area contributed by atoms with Crippen molar-refractivity contribution in [2.45, 2.75) is 12.3 Å². The normalized spacial score (nSPS) is 12.5. The maximum atomic E-state index is 10.8. The number of aliphatic carboxylic acids is 2. The highest BCUT2D eigenvalue weighted by Crippen LogP contribution is 2.21. The number of hydrogen-bond donors (Lipinski definition) is 2. The van der Waals surface area contributed by atoms with Crippen molar-refractivity contribution in [2.24, 2.45) is 0 Å². The van der Waals surface area contributed by atoms with Crippen molar-refractivity contribution in [3.8, 4) is 0 Å². The summed E-state index contributed by atoms with van der Waals surface area (Å²) in [7, 11) is 0.496. The Morgan fingerprint density at radius 3 is 2.53 bits per heavy atom. The molecule has 1 unspecified atom stereocenters. The van der Waals surface area contributed by atoms with Crippen LogP contribution in [0.5, 0.6) is 0 Å². The van der Waals surface area contributed by atoms with Crippen LogP contribution in [0.25, 0.3) is 0 Å². The van der Waals surface area contributed by atoms with Gasteiger partial charge in [-0.3, -0.25) is 9.59 Å². The molecule has 0 fully saturated rings. The summed E-state index contributed by atoms with van der Waals surface area (Å²) in [6.45, 7) is 0. The Morgan fingerprint density at radius 1 is 1.40 bits per heavy atom. The SMILES string of the molecule is O=C(O)CC(C(=O)O)c1cpcc(=O)o1. The molecule has 80 valence electrons. The Labute approximate surface area is 85.3 Å².